The Kier molecular flexibility index (Phi) is 6.56. The van der Waals surface area contributed by atoms with E-state index in [1.807, 2.05) is 56.3 Å². The number of halogens is 1. The minimum Gasteiger partial charge on any atom is -0.455 e. The number of nitrogens with zero attached hydrogens (tertiary/aromatic N) is 1. The Morgan fingerprint density at radius 3 is 2.52 bits per heavy atom. The third-order valence-electron chi connectivity index (χ3n) is 5.21. The summed E-state index contributed by atoms with van der Waals surface area (Å²) in [6, 6.07) is 18.1. The van der Waals surface area contributed by atoms with Gasteiger partial charge >= 0.3 is 0 Å². The largest absolute Gasteiger partial charge is 0.455 e. The second-order valence-corrected chi connectivity index (χ2v) is 8.01. The normalized spacial score (nSPS) is 10.6. The number of para-hydroxylation sites is 1. The van der Waals surface area contributed by atoms with E-state index in [-0.39, 0.29) is 18.0 Å². The summed E-state index contributed by atoms with van der Waals surface area (Å²) in [5, 5.41) is 3.08. The van der Waals surface area contributed by atoms with Crippen molar-refractivity contribution in [2.75, 3.05) is 0 Å². The van der Waals surface area contributed by atoms with Crippen molar-refractivity contribution >= 4 is 17.5 Å². The molecule has 0 aliphatic rings. The van der Waals surface area contributed by atoms with Crippen molar-refractivity contribution in [2.24, 2.45) is 0 Å². The molecule has 0 aliphatic carbocycles. The van der Waals surface area contributed by atoms with Gasteiger partial charge in [0.2, 0.25) is 0 Å². The molecule has 166 valence electrons. The van der Waals surface area contributed by atoms with Crippen LogP contribution in [0.1, 0.15) is 27.2 Å². The van der Waals surface area contributed by atoms with Crippen LogP contribution in [0.4, 0.5) is 0 Å². The molecular formula is C26H22ClN3O3. The quantitative estimate of drug-likeness (QED) is 0.402. The third-order valence-corrected chi connectivity index (χ3v) is 5.51. The van der Waals surface area contributed by atoms with E-state index in [4.69, 9.17) is 16.3 Å². The van der Waals surface area contributed by atoms with E-state index < -0.39 is 0 Å². The predicted octanol–water partition coefficient (Wildman–Crippen LogP) is 5.43. The molecule has 4 aromatic rings. The fourth-order valence-electron chi connectivity index (χ4n) is 3.54. The molecule has 0 fully saturated rings. The van der Waals surface area contributed by atoms with Gasteiger partial charge in [0, 0.05) is 41.3 Å². The molecule has 2 heterocycles. The lowest BCUT2D eigenvalue weighted by molar-refractivity contribution is 0.0950. The van der Waals surface area contributed by atoms with Crippen LogP contribution in [0.3, 0.4) is 0 Å². The number of carbonyl (C=O) groups is 1. The Morgan fingerprint density at radius 1 is 1.03 bits per heavy atom. The lowest BCUT2D eigenvalue weighted by Crippen LogP contribution is -2.27. The van der Waals surface area contributed by atoms with E-state index in [1.165, 1.54) is 0 Å². The Bertz CT molecular complexity index is 1370. The minimum atomic E-state index is -0.333. The van der Waals surface area contributed by atoms with Crippen LogP contribution in [0.5, 0.6) is 11.5 Å². The van der Waals surface area contributed by atoms with E-state index in [1.54, 1.807) is 30.6 Å². The molecule has 7 heteroatoms. The smallest absolute Gasteiger partial charge is 0.253 e. The van der Waals surface area contributed by atoms with E-state index in [2.05, 4.69) is 15.3 Å². The summed E-state index contributed by atoms with van der Waals surface area (Å²) in [4.78, 5) is 31.6. The summed E-state index contributed by atoms with van der Waals surface area (Å²) in [5.41, 5.74) is 4.16. The van der Waals surface area contributed by atoms with Crippen molar-refractivity contribution in [1.82, 2.24) is 15.3 Å². The van der Waals surface area contributed by atoms with Crippen LogP contribution in [0, 0.1) is 13.8 Å². The molecule has 33 heavy (non-hydrogen) atoms. The summed E-state index contributed by atoms with van der Waals surface area (Å²) in [7, 11) is 0. The zero-order valence-corrected chi connectivity index (χ0v) is 18.9. The van der Waals surface area contributed by atoms with Gasteiger partial charge in [0.25, 0.3) is 11.5 Å². The lowest BCUT2D eigenvalue weighted by Gasteiger charge is -2.13. The Balaban J connectivity index is 1.50. The molecule has 2 aromatic heterocycles. The van der Waals surface area contributed by atoms with Crippen molar-refractivity contribution in [1.29, 1.82) is 0 Å². The van der Waals surface area contributed by atoms with Gasteiger partial charge < -0.3 is 15.0 Å². The first-order valence-corrected chi connectivity index (χ1v) is 10.7. The van der Waals surface area contributed by atoms with E-state index in [0.717, 1.165) is 22.4 Å². The van der Waals surface area contributed by atoms with E-state index >= 15 is 0 Å². The van der Waals surface area contributed by atoms with E-state index in [9.17, 15) is 9.59 Å². The standard InChI is InChI=1S/C26H22ClN3O3/c1-16-13-17(2)30-26(32)21(16)15-29-25(31)19-7-8-24(22(27)14-19)33-23-6-4-3-5-20(23)18-9-11-28-12-10-18/h3-14H,15H2,1-2H3,(H,29,31)(H,30,32). The highest BCUT2D eigenvalue weighted by Crippen LogP contribution is 2.36. The molecule has 0 spiro atoms. The molecule has 0 radical (unpaired) electrons. The molecule has 2 N–H and O–H groups in total. The van der Waals surface area contributed by atoms with Gasteiger partial charge in [-0.2, -0.15) is 0 Å². The van der Waals surface area contributed by atoms with Crippen LogP contribution in [-0.4, -0.2) is 15.9 Å². The maximum Gasteiger partial charge on any atom is 0.253 e. The number of ether oxygens (including phenoxy) is 1. The average Bonchev–Trinajstić information content (AvgIpc) is 2.80. The summed E-state index contributed by atoms with van der Waals surface area (Å²) in [6.45, 7) is 3.78. The van der Waals surface area contributed by atoms with Crippen molar-refractivity contribution in [3.63, 3.8) is 0 Å². The first-order valence-electron chi connectivity index (χ1n) is 10.4. The highest BCUT2D eigenvalue weighted by molar-refractivity contribution is 6.32. The Morgan fingerprint density at radius 2 is 1.79 bits per heavy atom. The van der Waals surface area contributed by atoms with Crippen molar-refractivity contribution < 1.29 is 9.53 Å². The first kappa shape index (κ1) is 22.3. The molecule has 6 nitrogen and oxygen atoms in total. The number of nitrogens with one attached hydrogen (secondary N) is 2. The number of aryl methyl sites for hydroxylation is 2. The maximum atomic E-state index is 12.6. The topological polar surface area (TPSA) is 84.1 Å². The molecule has 0 aliphatic heterocycles. The van der Waals surface area contributed by atoms with Gasteiger partial charge in [-0.25, -0.2) is 0 Å². The highest BCUT2D eigenvalue weighted by Gasteiger charge is 2.14. The summed E-state index contributed by atoms with van der Waals surface area (Å²) < 4.78 is 6.07. The molecule has 1 amide bonds. The number of pyridine rings is 2. The number of amides is 1. The van der Waals surface area contributed by atoms with E-state index in [0.29, 0.717) is 27.6 Å². The predicted molar refractivity (Wildman–Crippen MR) is 129 cm³/mol. The molecule has 0 saturated carbocycles. The average molecular weight is 460 g/mol. The SMILES string of the molecule is Cc1cc(C)c(CNC(=O)c2ccc(Oc3ccccc3-c3ccncc3)c(Cl)c2)c(=O)[nH]1. The molecule has 0 unspecified atom stereocenters. The van der Waals surface area contributed by atoms with Gasteiger partial charge in [-0.05, 0) is 67.4 Å². The van der Waals surface area contributed by atoms with Crippen molar-refractivity contribution in [2.45, 2.75) is 20.4 Å². The zero-order valence-electron chi connectivity index (χ0n) is 18.2. The number of carbonyl (C=O) groups excluding carboxylic acids is 1. The number of H-pyrrole nitrogens is 1. The monoisotopic (exact) mass is 459 g/mol. The van der Waals surface area contributed by atoms with Crippen LogP contribution >= 0.6 is 11.6 Å². The van der Waals surface area contributed by atoms with Crippen LogP contribution in [-0.2, 0) is 6.54 Å². The minimum absolute atomic E-state index is 0.120. The maximum absolute atomic E-state index is 12.6. The number of aromatic nitrogens is 2. The Hall–Kier alpha value is -3.90. The fourth-order valence-corrected chi connectivity index (χ4v) is 3.76. The molecule has 0 atom stereocenters. The van der Waals surface area contributed by atoms with Gasteiger partial charge in [0.05, 0.1) is 5.02 Å². The number of hydrogen-bond donors (Lipinski definition) is 2. The fraction of sp³-hybridized carbons (Fsp3) is 0.115. The first-order chi connectivity index (χ1) is 15.9. The van der Waals surface area contributed by atoms with Crippen LogP contribution in [0.15, 0.2) is 77.9 Å². The second-order valence-electron chi connectivity index (χ2n) is 7.61. The van der Waals surface area contributed by atoms with Gasteiger partial charge in [-0.3, -0.25) is 14.6 Å². The summed E-state index contributed by atoms with van der Waals surface area (Å²) >= 11 is 6.44. The van der Waals surface area contributed by atoms with Crippen LogP contribution in [0.25, 0.3) is 11.1 Å². The van der Waals surface area contributed by atoms with Gasteiger partial charge in [-0.1, -0.05) is 29.8 Å². The number of rotatable bonds is 6. The van der Waals surface area contributed by atoms with Crippen molar-refractivity contribution in [3.05, 3.63) is 111 Å². The summed E-state index contributed by atoms with van der Waals surface area (Å²) in [6.07, 6.45) is 3.44. The number of benzene rings is 2. The van der Waals surface area contributed by atoms with Crippen molar-refractivity contribution in [3.8, 4) is 22.6 Å². The van der Waals surface area contributed by atoms with Crippen LogP contribution in [0.2, 0.25) is 5.02 Å². The molecule has 0 bridgehead atoms. The van der Waals surface area contributed by atoms with Gasteiger partial charge in [0.15, 0.2) is 0 Å². The zero-order chi connectivity index (χ0) is 23.4. The number of hydrogen-bond acceptors (Lipinski definition) is 4. The van der Waals surface area contributed by atoms with Gasteiger partial charge in [-0.15, -0.1) is 0 Å². The molecular weight excluding hydrogens is 438 g/mol. The Labute approximate surface area is 196 Å². The number of aromatic amines is 1. The lowest BCUT2D eigenvalue weighted by atomic mass is 10.1. The highest BCUT2D eigenvalue weighted by atomic mass is 35.5. The van der Waals surface area contributed by atoms with Gasteiger partial charge in [0.1, 0.15) is 11.5 Å². The van der Waals surface area contributed by atoms with Crippen LogP contribution < -0.4 is 15.6 Å². The molecule has 4 rings (SSSR count). The second kappa shape index (κ2) is 9.71. The molecule has 2 aromatic carbocycles. The molecule has 0 saturated heterocycles. The third kappa shape index (κ3) is 5.13. The summed E-state index contributed by atoms with van der Waals surface area (Å²) in [5.74, 6) is 0.734.